The van der Waals surface area contributed by atoms with Crippen LogP contribution in [0.3, 0.4) is 0 Å². The van der Waals surface area contributed by atoms with Gasteiger partial charge in [0, 0.05) is 19.0 Å². The second-order valence-electron chi connectivity index (χ2n) is 3.91. The van der Waals surface area contributed by atoms with E-state index in [0.29, 0.717) is 13.0 Å². The van der Waals surface area contributed by atoms with Crippen molar-refractivity contribution >= 4 is 5.84 Å². The van der Waals surface area contributed by atoms with Crippen molar-refractivity contribution in [3.8, 4) is 0 Å². The molecule has 1 unspecified atom stereocenters. The maximum Gasteiger partial charge on any atom is 0.140 e. The molecule has 4 nitrogen and oxygen atoms in total. The van der Waals surface area contributed by atoms with Gasteiger partial charge >= 0.3 is 0 Å². The summed E-state index contributed by atoms with van der Waals surface area (Å²) >= 11 is 0. The molecule has 1 aromatic rings. The molecule has 0 bridgehead atoms. The summed E-state index contributed by atoms with van der Waals surface area (Å²) in [6.45, 7) is 2.57. The van der Waals surface area contributed by atoms with Crippen molar-refractivity contribution in [1.82, 2.24) is 5.32 Å². The SMILES string of the molecule is CCC(CC(N)=NO)NCc1cccc(F)c1. The first-order valence-corrected chi connectivity index (χ1v) is 5.60. The summed E-state index contributed by atoms with van der Waals surface area (Å²) in [6, 6.07) is 6.55. The molecule has 0 aromatic heterocycles. The van der Waals surface area contributed by atoms with Gasteiger partial charge in [-0.2, -0.15) is 0 Å². The zero-order valence-electron chi connectivity index (χ0n) is 9.86. The Hall–Kier alpha value is -1.62. The van der Waals surface area contributed by atoms with Crippen LogP contribution in [0.4, 0.5) is 4.39 Å². The molecule has 94 valence electrons. The van der Waals surface area contributed by atoms with Crippen LogP contribution in [-0.4, -0.2) is 17.1 Å². The van der Waals surface area contributed by atoms with E-state index in [9.17, 15) is 4.39 Å². The number of hydrogen-bond acceptors (Lipinski definition) is 3. The number of nitrogens with two attached hydrogens (primary N) is 1. The number of nitrogens with zero attached hydrogens (tertiary/aromatic N) is 1. The number of benzene rings is 1. The fraction of sp³-hybridized carbons (Fsp3) is 0.417. The van der Waals surface area contributed by atoms with E-state index in [-0.39, 0.29) is 17.7 Å². The average Bonchev–Trinajstić information content (AvgIpc) is 2.34. The standard InChI is InChI=1S/C12H18FN3O/c1-2-11(7-12(14)16-17)15-8-9-4-3-5-10(13)6-9/h3-6,11,15,17H,2,7-8H2,1H3,(H2,14,16). The molecular weight excluding hydrogens is 221 g/mol. The van der Waals surface area contributed by atoms with Crippen LogP contribution in [0.1, 0.15) is 25.3 Å². The highest BCUT2D eigenvalue weighted by Gasteiger charge is 2.08. The van der Waals surface area contributed by atoms with Crippen LogP contribution in [0.5, 0.6) is 0 Å². The predicted octanol–water partition coefficient (Wildman–Crippen LogP) is 1.83. The van der Waals surface area contributed by atoms with Gasteiger partial charge in [0.1, 0.15) is 11.7 Å². The van der Waals surface area contributed by atoms with Crippen LogP contribution >= 0.6 is 0 Å². The third kappa shape index (κ3) is 4.82. The second kappa shape index (κ2) is 6.85. The molecule has 1 rings (SSSR count). The van der Waals surface area contributed by atoms with Crippen LogP contribution in [0.2, 0.25) is 0 Å². The van der Waals surface area contributed by atoms with Gasteiger partial charge in [-0.15, -0.1) is 0 Å². The van der Waals surface area contributed by atoms with Crippen LogP contribution in [0.25, 0.3) is 0 Å². The molecule has 5 heteroatoms. The van der Waals surface area contributed by atoms with E-state index in [1.54, 1.807) is 6.07 Å². The first-order valence-electron chi connectivity index (χ1n) is 5.60. The molecule has 0 saturated carbocycles. The molecule has 0 heterocycles. The van der Waals surface area contributed by atoms with Crippen LogP contribution in [0.15, 0.2) is 29.4 Å². The van der Waals surface area contributed by atoms with Crippen molar-refractivity contribution < 1.29 is 9.60 Å². The molecule has 0 aliphatic rings. The Balaban J connectivity index is 2.47. The lowest BCUT2D eigenvalue weighted by Crippen LogP contribution is -2.32. The molecule has 0 saturated heterocycles. The normalized spacial score (nSPS) is 13.6. The van der Waals surface area contributed by atoms with E-state index in [2.05, 4.69) is 10.5 Å². The largest absolute Gasteiger partial charge is 0.409 e. The van der Waals surface area contributed by atoms with Crippen molar-refractivity contribution in [2.75, 3.05) is 0 Å². The highest BCUT2D eigenvalue weighted by molar-refractivity contribution is 5.80. The summed E-state index contributed by atoms with van der Waals surface area (Å²) in [7, 11) is 0. The van der Waals surface area contributed by atoms with E-state index in [4.69, 9.17) is 10.9 Å². The number of hydrogen-bond donors (Lipinski definition) is 3. The zero-order chi connectivity index (χ0) is 12.7. The van der Waals surface area contributed by atoms with Gasteiger partial charge in [-0.05, 0) is 24.1 Å². The summed E-state index contributed by atoms with van der Waals surface area (Å²) < 4.78 is 12.9. The van der Waals surface area contributed by atoms with E-state index in [1.807, 2.05) is 13.0 Å². The number of halogens is 1. The molecular formula is C12H18FN3O. The minimum atomic E-state index is -0.242. The van der Waals surface area contributed by atoms with Gasteiger partial charge in [-0.25, -0.2) is 4.39 Å². The molecule has 0 spiro atoms. The number of amidine groups is 1. The van der Waals surface area contributed by atoms with Gasteiger partial charge in [-0.1, -0.05) is 24.2 Å². The van der Waals surface area contributed by atoms with Gasteiger partial charge in [-0.3, -0.25) is 0 Å². The van der Waals surface area contributed by atoms with Gasteiger partial charge < -0.3 is 16.3 Å². The van der Waals surface area contributed by atoms with Crippen LogP contribution < -0.4 is 11.1 Å². The fourth-order valence-corrected chi connectivity index (χ4v) is 1.56. The summed E-state index contributed by atoms with van der Waals surface area (Å²) in [5, 5.41) is 14.7. The van der Waals surface area contributed by atoms with E-state index in [0.717, 1.165) is 12.0 Å². The van der Waals surface area contributed by atoms with E-state index in [1.165, 1.54) is 12.1 Å². The third-order valence-electron chi connectivity index (χ3n) is 2.56. The third-order valence-corrected chi connectivity index (χ3v) is 2.56. The Kier molecular flexibility index (Phi) is 5.42. The van der Waals surface area contributed by atoms with E-state index >= 15 is 0 Å². The second-order valence-corrected chi connectivity index (χ2v) is 3.91. The molecule has 0 aliphatic carbocycles. The monoisotopic (exact) mass is 239 g/mol. The lowest BCUT2D eigenvalue weighted by Gasteiger charge is -2.16. The molecule has 4 N–H and O–H groups in total. The van der Waals surface area contributed by atoms with Crippen LogP contribution in [0, 0.1) is 5.82 Å². The number of rotatable bonds is 6. The van der Waals surface area contributed by atoms with Crippen molar-refractivity contribution in [2.24, 2.45) is 10.9 Å². The predicted molar refractivity (Wildman–Crippen MR) is 65.3 cm³/mol. The van der Waals surface area contributed by atoms with Gasteiger partial charge in [0.05, 0.1) is 0 Å². The zero-order valence-corrected chi connectivity index (χ0v) is 9.86. The van der Waals surface area contributed by atoms with Crippen molar-refractivity contribution in [3.05, 3.63) is 35.6 Å². The smallest absolute Gasteiger partial charge is 0.140 e. The highest BCUT2D eigenvalue weighted by Crippen LogP contribution is 2.05. The Labute approximate surface area is 100 Å². The fourth-order valence-electron chi connectivity index (χ4n) is 1.56. The maximum atomic E-state index is 12.9. The maximum absolute atomic E-state index is 12.9. The number of nitrogens with one attached hydrogen (secondary N) is 1. The van der Waals surface area contributed by atoms with Gasteiger partial charge in [0.25, 0.3) is 0 Å². The molecule has 0 fully saturated rings. The Morgan fingerprint density at radius 3 is 2.94 bits per heavy atom. The first kappa shape index (κ1) is 13.4. The Morgan fingerprint density at radius 1 is 1.59 bits per heavy atom. The number of oxime groups is 1. The minimum absolute atomic E-state index is 0.120. The molecule has 0 amide bonds. The van der Waals surface area contributed by atoms with Crippen molar-refractivity contribution in [2.45, 2.75) is 32.4 Å². The summed E-state index contributed by atoms with van der Waals surface area (Å²) in [5.74, 6) is -0.0441. The molecule has 1 aromatic carbocycles. The van der Waals surface area contributed by atoms with E-state index < -0.39 is 0 Å². The Morgan fingerprint density at radius 2 is 2.35 bits per heavy atom. The lowest BCUT2D eigenvalue weighted by atomic mass is 10.1. The Bertz CT molecular complexity index is 382. The van der Waals surface area contributed by atoms with Crippen molar-refractivity contribution in [3.63, 3.8) is 0 Å². The quantitative estimate of drug-likeness (QED) is 0.307. The molecule has 17 heavy (non-hydrogen) atoms. The van der Waals surface area contributed by atoms with Gasteiger partial charge in [0.2, 0.25) is 0 Å². The average molecular weight is 239 g/mol. The topological polar surface area (TPSA) is 70.6 Å². The molecule has 0 aliphatic heterocycles. The van der Waals surface area contributed by atoms with Crippen molar-refractivity contribution in [1.29, 1.82) is 0 Å². The highest BCUT2D eigenvalue weighted by atomic mass is 19.1. The summed E-state index contributed by atoms with van der Waals surface area (Å²) in [5.41, 5.74) is 6.32. The summed E-state index contributed by atoms with van der Waals surface area (Å²) in [4.78, 5) is 0. The van der Waals surface area contributed by atoms with Gasteiger partial charge in [0.15, 0.2) is 0 Å². The first-order chi connectivity index (χ1) is 8.15. The van der Waals surface area contributed by atoms with Crippen LogP contribution in [-0.2, 0) is 6.54 Å². The lowest BCUT2D eigenvalue weighted by molar-refractivity contribution is 0.315. The minimum Gasteiger partial charge on any atom is -0.409 e. The molecule has 1 atom stereocenters. The molecule has 0 radical (unpaired) electrons. The summed E-state index contributed by atoms with van der Waals surface area (Å²) in [6.07, 6.45) is 1.33.